The Labute approximate surface area is 113 Å². The molecule has 1 aromatic heterocycles. The van der Waals surface area contributed by atoms with Gasteiger partial charge in [-0.2, -0.15) is 5.10 Å². The van der Waals surface area contributed by atoms with Crippen molar-refractivity contribution < 1.29 is 4.74 Å². The van der Waals surface area contributed by atoms with E-state index in [1.807, 2.05) is 23.1 Å². The van der Waals surface area contributed by atoms with Crippen molar-refractivity contribution in [1.82, 2.24) is 9.78 Å². The summed E-state index contributed by atoms with van der Waals surface area (Å²) in [5, 5.41) is 7.75. The van der Waals surface area contributed by atoms with E-state index in [-0.39, 0.29) is 0 Å². The van der Waals surface area contributed by atoms with Crippen molar-refractivity contribution in [2.75, 3.05) is 18.5 Å². The Morgan fingerprint density at radius 1 is 1.32 bits per heavy atom. The Balaban J connectivity index is 1.54. The van der Waals surface area contributed by atoms with Crippen LogP contribution in [0.15, 0.2) is 42.7 Å². The number of anilines is 1. The predicted molar refractivity (Wildman–Crippen MR) is 75.2 cm³/mol. The Hall–Kier alpha value is -1.81. The highest BCUT2D eigenvalue weighted by Crippen LogP contribution is 2.14. The van der Waals surface area contributed by atoms with Crippen molar-refractivity contribution >= 4 is 5.69 Å². The van der Waals surface area contributed by atoms with Crippen molar-refractivity contribution in [2.45, 2.75) is 25.5 Å². The Kier molecular flexibility index (Phi) is 3.79. The molecular weight excluding hydrogens is 238 g/mol. The van der Waals surface area contributed by atoms with E-state index < -0.39 is 0 Å². The molecule has 19 heavy (non-hydrogen) atoms. The normalized spacial score (nSPS) is 18.6. The smallest absolute Gasteiger partial charge is 0.0748 e. The van der Waals surface area contributed by atoms with Gasteiger partial charge in [-0.25, -0.2) is 0 Å². The van der Waals surface area contributed by atoms with Crippen molar-refractivity contribution in [3.63, 3.8) is 0 Å². The summed E-state index contributed by atoms with van der Waals surface area (Å²) in [6.45, 7) is 2.58. The van der Waals surface area contributed by atoms with Crippen LogP contribution in [0.2, 0.25) is 0 Å². The zero-order chi connectivity index (χ0) is 12.9. The van der Waals surface area contributed by atoms with Crippen LogP contribution >= 0.6 is 0 Å². The second kappa shape index (κ2) is 5.89. The van der Waals surface area contributed by atoms with Crippen LogP contribution in [-0.2, 0) is 11.3 Å². The maximum Gasteiger partial charge on any atom is 0.0748 e. The summed E-state index contributed by atoms with van der Waals surface area (Å²) in [6.07, 6.45) is 6.61. The molecule has 4 heteroatoms. The number of benzene rings is 1. The first-order chi connectivity index (χ1) is 9.40. The summed E-state index contributed by atoms with van der Waals surface area (Å²) in [6, 6.07) is 10.4. The van der Waals surface area contributed by atoms with Gasteiger partial charge in [-0.15, -0.1) is 0 Å². The third-order valence-corrected chi connectivity index (χ3v) is 3.38. The van der Waals surface area contributed by atoms with Crippen LogP contribution in [0.4, 0.5) is 5.69 Å². The van der Waals surface area contributed by atoms with E-state index in [4.69, 9.17) is 4.74 Å². The highest BCUT2D eigenvalue weighted by Gasteiger charge is 2.14. The lowest BCUT2D eigenvalue weighted by atomic mass is 10.2. The van der Waals surface area contributed by atoms with Gasteiger partial charge in [0.05, 0.1) is 24.5 Å². The van der Waals surface area contributed by atoms with Crippen molar-refractivity contribution in [3.05, 3.63) is 48.3 Å². The quantitative estimate of drug-likeness (QED) is 0.894. The lowest BCUT2D eigenvalue weighted by Crippen LogP contribution is -2.18. The number of hydrogen-bond acceptors (Lipinski definition) is 3. The van der Waals surface area contributed by atoms with Gasteiger partial charge in [0, 0.05) is 19.3 Å². The molecule has 1 fully saturated rings. The van der Waals surface area contributed by atoms with Crippen LogP contribution in [0.3, 0.4) is 0 Å². The lowest BCUT2D eigenvalue weighted by molar-refractivity contribution is 0.120. The van der Waals surface area contributed by atoms with E-state index in [0.29, 0.717) is 6.10 Å². The fourth-order valence-corrected chi connectivity index (χ4v) is 2.35. The molecule has 0 radical (unpaired) electrons. The Morgan fingerprint density at radius 3 is 3.00 bits per heavy atom. The van der Waals surface area contributed by atoms with Gasteiger partial charge in [0.25, 0.3) is 0 Å². The fourth-order valence-electron chi connectivity index (χ4n) is 2.35. The summed E-state index contributed by atoms with van der Waals surface area (Å²) < 4.78 is 7.54. The second-order valence-corrected chi connectivity index (χ2v) is 4.93. The molecule has 0 amide bonds. The zero-order valence-electron chi connectivity index (χ0n) is 11.0. The average molecular weight is 257 g/mol. The molecular formula is C15H19N3O. The van der Waals surface area contributed by atoms with E-state index in [2.05, 4.69) is 34.7 Å². The standard InChI is InChI=1S/C15H19N3O/c1-2-5-13(6-3-1)11-18-12-14(9-17-18)16-10-15-7-4-8-19-15/h1-3,5-6,9,12,15-16H,4,7-8,10-11H2. The van der Waals surface area contributed by atoms with Gasteiger partial charge in [-0.3, -0.25) is 4.68 Å². The topological polar surface area (TPSA) is 39.1 Å². The molecule has 1 N–H and O–H groups in total. The summed E-state index contributed by atoms with van der Waals surface area (Å²) >= 11 is 0. The van der Waals surface area contributed by atoms with E-state index in [9.17, 15) is 0 Å². The molecule has 1 saturated heterocycles. The van der Waals surface area contributed by atoms with Gasteiger partial charge in [0.2, 0.25) is 0 Å². The van der Waals surface area contributed by atoms with Gasteiger partial charge in [0.15, 0.2) is 0 Å². The van der Waals surface area contributed by atoms with E-state index in [1.54, 1.807) is 0 Å². The average Bonchev–Trinajstić information content (AvgIpc) is 3.09. The molecule has 1 unspecified atom stereocenters. The minimum absolute atomic E-state index is 0.359. The molecule has 1 aliphatic rings. The van der Waals surface area contributed by atoms with E-state index in [1.165, 1.54) is 12.0 Å². The molecule has 2 heterocycles. The summed E-state index contributed by atoms with van der Waals surface area (Å²) in [4.78, 5) is 0. The molecule has 0 aliphatic carbocycles. The lowest BCUT2D eigenvalue weighted by Gasteiger charge is -2.09. The number of rotatable bonds is 5. The van der Waals surface area contributed by atoms with Crippen molar-refractivity contribution in [3.8, 4) is 0 Å². The van der Waals surface area contributed by atoms with Gasteiger partial charge < -0.3 is 10.1 Å². The molecule has 4 nitrogen and oxygen atoms in total. The van der Waals surface area contributed by atoms with Gasteiger partial charge >= 0.3 is 0 Å². The van der Waals surface area contributed by atoms with Crippen LogP contribution < -0.4 is 5.32 Å². The SMILES string of the molecule is c1ccc(Cn2cc(NCC3CCCO3)cn2)cc1. The number of nitrogens with one attached hydrogen (secondary N) is 1. The summed E-state index contributed by atoms with van der Waals surface area (Å²) in [7, 11) is 0. The number of aromatic nitrogens is 2. The number of hydrogen-bond donors (Lipinski definition) is 1. The number of ether oxygens (including phenoxy) is 1. The first-order valence-corrected chi connectivity index (χ1v) is 6.82. The second-order valence-electron chi connectivity index (χ2n) is 4.93. The fraction of sp³-hybridized carbons (Fsp3) is 0.400. The third-order valence-electron chi connectivity index (χ3n) is 3.38. The maximum absolute atomic E-state index is 5.59. The van der Waals surface area contributed by atoms with Crippen molar-refractivity contribution in [1.29, 1.82) is 0 Å². The van der Waals surface area contributed by atoms with Gasteiger partial charge in [-0.05, 0) is 18.4 Å². The highest BCUT2D eigenvalue weighted by atomic mass is 16.5. The largest absolute Gasteiger partial charge is 0.380 e. The molecule has 1 atom stereocenters. The third kappa shape index (κ3) is 3.35. The molecule has 0 saturated carbocycles. The molecule has 2 aromatic rings. The molecule has 0 spiro atoms. The Morgan fingerprint density at radius 2 is 2.21 bits per heavy atom. The highest BCUT2D eigenvalue weighted by molar-refractivity contribution is 5.38. The van der Waals surface area contributed by atoms with E-state index in [0.717, 1.165) is 31.8 Å². The number of nitrogens with zero attached hydrogens (tertiary/aromatic N) is 2. The Bertz CT molecular complexity index is 503. The van der Waals surface area contributed by atoms with Crippen LogP contribution in [0.1, 0.15) is 18.4 Å². The zero-order valence-corrected chi connectivity index (χ0v) is 11.0. The van der Waals surface area contributed by atoms with Gasteiger partial charge in [0.1, 0.15) is 0 Å². The molecule has 0 bridgehead atoms. The van der Waals surface area contributed by atoms with Crippen LogP contribution in [0.5, 0.6) is 0 Å². The molecule has 100 valence electrons. The van der Waals surface area contributed by atoms with Crippen LogP contribution in [0, 0.1) is 0 Å². The van der Waals surface area contributed by atoms with Crippen LogP contribution in [-0.4, -0.2) is 29.0 Å². The minimum Gasteiger partial charge on any atom is -0.380 e. The first-order valence-electron chi connectivity index (χ1n) is 6.82. The summed E-state index contributed by atoms with van der Waals surface area (Å²) in [5.41, 5.74) is 2.32. The molecule has 1 aliphatic heterocycles. The molecule has 1 aromatic carbocycles. The minimum atomic E-state index is 0.359. The van der Waals surface area contributed by atoms with E-state index >= 15 is 0 Å². The summed E-state index contributed by atoms with van der Waals surface area (Å²) in [5.74, 6) is 0. The first kappa shape index (κ1) is 12.2. The monoisotopic (exact) mass is 257 g/mol. The van der Waals surface area contributed by atoms with Gasteiger partial charge in [-0.1, -0.05) is 30.3 Å². The predicted octanol–water partition coefficient (Wildman–Crippen LogP) is 2.52. The molecule has 3 rings (SSSR count). The van der Waals surface area contributed by atoms with Crippen LogP contribution in [0.25, 0.3) is 0 Å². The maximum atomic E-state index is 5.59. The van der Waals surface area contributed by atoms with Crippen molar-refractivity contribution in [2.24, 2.45) is 0 Å².